The fourth-order valence-electron chi connectivity index (χ4n) is 6.25. The van der Waals surface area contributed by atoms with Crippen LogP contribution in [0.15, 0.2) is 60.3 Å². The Morgan fingerprint density at radius 1 is 1.03 bits per heavy atom. The van der Waals surface area contributed by atoms with Crippen LogP contribution in [0.1, 0.15) is 56.2 Å². The van der Waals surface area contributed by atoms with Crippen molar-refractivity contribution in [2.75, 3.05) is 4.90 Å². The zero-order chi connectivity index (χ0) is 22.9. The van der Waals surface area contributed by atoms with Crippen LogP contribution >= 0.6 is 8.19 Å². The molecule has 4 aliphatic rings. The van der Waals surface area contributed by atoms with Crippen LogP contribution in [0.25, 0.3) is 28.9 Å². The van der Waals surface area contributed by atoms with Crippen molar-refractivity contribution < 1.29 is 0 Å². The summed E-state index contributed by atoms with van der Waals surface area (Å²) in [5, 5.41) is 2.49. The largest absolute Gasteiger partial charge is 0.314 e. The minimum absolute atomic E-state index is 0.0857. The van der Waals surface area contributed by atoms with Crippen LogP contribution in [0.5, 0.6) is 0 Å². The van der Waals surface area contributed by atoms with Crippen molar-refractivity contribution in [3.63, 3.8) is 0 Å². The molecule has 0 bridgehead atoms. The third-order valence-electron chi connectivity index (χ3n) is 8.14. The summed E-state index contributed by atoms with van der Waals surface area (Å²) in [5.41, 5.74) is 9.52. The smallest absolute Gasteiger partial charge is 0.0776 e. The first-order valence-electron chi connectivity index (χ1n) is 12.6. The lowest BCUT2D eigenvalue weighted by atomic mass is 9.65. The molecule has 3 heteroatoms. The second kappa shape index (κ2) is 7.52. The molecule has 0 saturated carbocycles. The maximum Gasteiger partial charge on any atom is 0.0776 e. The number of fused-ring (bicyclic) bond motifs is 5. The molecule has 3 aliphatic carbocycles. The first-order chi connectivity index (χ1) is 16.6. The number of nitrogens with zero attached hydrogens (tertiary/aromatic N) is 2. The molecule has 1 atom stereocenters. The molecule has 0 spiro atoms. The molecule has 0 radical (unpaired) electrons. The van der Waals surface area contributed by atoms with E-state index in [0.717, 1.165) is 37.6 Å². The zero-order valence-corrected chi connectivity index (χ0v) is 20.8. The van der Waals surface area contributed by atoms with Crippen LogP contribution in [0.2, 0.25) is 0 Å². The van der Waals surface area contributed by atoms with Crippen molar-refractivity contribution in [3.05, 3.63) is 87.3 Å². The lowest BCUT2D eigenvalue weighted by molar-refractivity contribution is 0.349. The summed E-state index contributed by atoms with van der Waals surface area (Å²) >= 11 is 0. The summed E-state index contributed by atoms with van der Waals surface area (Å²) in [7, 11) is 1.29. The lowest BCUT2D eigenvalue weighted by Crippen LogP contribution is -2.42. The SMILES string of the molecule is CC1(C)c2cc3c(cc2N(c2ccc4pc5c(nc4c2)=CCCC=5)C2=CC=CCC21)C=CCC3. The zero-order valence-electron chi connectivity index (χ0n) is 19.9. The summed E-state index contributed by atoms with van der Waals surface area (Å²) in [6.45, 7) is 4.88. The number of anilines is 2. The first-order valence-corrected chi connectivity index (χ1v) is 13.5. The van der Waals surface area contributed by atoms with E-state index in [-0.39, 0.29) is 5.41 Å². The van der Waals surface area contributed by atoms with Crippen molar-refractivity contribution in [2.45, 2.75) is 51.4 Å². The van der Waals surface area contributed by atoms with E-state index in [1.54, 1.807) is 0 Å². The molecule has 2 aromatic carbocycles. The molecule has 34 heavy (non-hydrogen) atoms. The van der Waals surface area contributed by atoms with Gasteiger partial charge in [0.25, 0.3) is 0 Å². The Morgan fingerprint density at radius 2 is 1.94 bits per heavy atom. The van der Waals surface area contributed by atoms with Gasteiger partial charge < -0.3 is 4.90 Å². The first kappa shape index (κ1) is 20.4. The van der Waals surface area contributed by atoms with Gasteiger partial charge >= 0.3 is 0 Å². The predicted octanol–water partition coefficient (Wildman–Crippen LogP) is 7.02. The van der Waals surface area contributed by atoms with E-state index in [2.05, 4.69) is 91.6 Å². The third-order valence-corrected chi connectivity index (χ3v) is 9.41. The van der Waals surface area contributed by atoms with Crippen LogP contribution in [0, 0.1) is 5.92 Å². The van der Waals surface area contributed by atoms with E-state index in [4.69, 9.17) is 4.98 Å². The average molecular weight is 461 g/mol. The van der Waals surface area contributed by atoms with Gasteiger partial charge in [-0.1, -0.05) is 64.6 Å². The quantitative estimate of drug-likeness (QED) is 0.388. The maximum absolute atomic E-state index is 5.10. The number of benzene rings is 2. The molecule has 0 N–H and O–H groups in total. The summed E-state index contributed by atoms with van der Waals surface area (Å²) in [5.74, 6) is 0.462. The van der Waals surface area contributed by atoms with Crippen LogP contribution in [-0.2, 0) is 11.8 Å². The molecule has 7 rings (SSSR count). The van der Waals surface area contributed by atoms with Gasteiger partial charge in [0.05, 0.1) is 16.6 Å². The highest BCUT2D eigenvalue weighted by Crippen LogP contribution is 2.54. The molecule has 2 nitrogen and oxygen atoms in total. The molecule has 1 aromatic heterocycles. The van der Waals surface area contributed by atoms with Crippen LogP contribution in [0.3, 0.4) is 0 Å². The Kier molecular flexibility index (Phi) is 4.52. The van der Waals surface area contributed by atoms with Gasteiger partial charge in [-0.3, -0.25) is 0 Å². The number of hydrogen-bond donors (Lipinski definition) is 0. The maximum atomic E-state index is 5.10. The highest BCUT2D eigenvalue weighted by Gasteiger charge is 2.43. The topological polar surface area (TPSA) is 16.1 Å². The Morgan fingerprint density at radius 3 is 2.88 bits per heavy atom. The van der Waals surface area contributed by atoms with Crippen molar-refractivity contribution in [1.29, 1.82) is 0 Å². The number of aryl methyl sites for hydroxylation is 1. The van der Waals surface area contributed by atoms with E-state index < -0.39 is 0 Å². The van der Waals surface area contributed by atoms with E-state index in [9.17, 15) is 0 Å². The molecule has 168 valence electrons. The molecule has 2 heterocycles. The molecule has 1 aliphatic heterocycles. The van der Waals surface area contributed by atoms with Crippen LogP contribution in [0.4, 0.5) is 11.4 Å². The van der Waals surface area contributed by atoms with Gasteiger partial charge in [-0.15, -0.1) is 0 Å². The van der Waals surface area contributed by atoms with E-state index in [1.807, 2.05) is 0 Å². The van der Waals surface area contributed by atoms with Crippen molar-refractivity contribution in [1.82, 2.24) is 4.98 Å². The molecule has 0 saturated heterocycles. The van der Waals surface area contributed by atoms with Gasteiger partial charge in [0.15, 0.2) is 0 Å². The molecule has 3 aromatic rings. The molecular weight excluding hydrogens is 431 g/mol. The van der Waals surface area contributed by atoms with Gasteiger partial charge in [-0.2, -0.15) is 0 Å². The van der Waals surface area contributed by atoms with Crippen LogP contribution < -0.4 is 15.2 Å². The van der Waals surface area contributed by atoms with Gasteiger partial charge in [-0.25, -0.2) is 4.98 Å². The van der Waals surface area contributed by atoms with E-state index in [1.165, 1.54) is 57.4 Å². The second-order valence-electron chi connectivity index (χ2n) is 10.5. The highest BCUT2D eigenvalue weighted by atomic mass is 31.0. The van der Waals surface area contributed by atoms with Gasteiger partial charge in [0.2, 0.25) is 0 Å². The highest BCUT2D eigenvalue weighted by molar-refractivity contribution is 7.35. The van der Waals surface area contributed by atoms with Gasteiger partial charge in [0, 0.05) is 32.8 Å². The Bertz CT molecular complexity index is 1570. The summed E-state index contributed by atoms with van der Waals surface area (Å²) in [6, 6.07) is 11.9. The van der Waals surface area contributed by atoms with Crippen molar-refractivity contribution in [2.24, 2.45) is 5.92 Å². The number of allylic oxidation sites excluding steroid dienone is 5. The van der Waals surface area contributed by atoms with E-state index in [0.29, 0.717) is 5.92 Å². The van der Waals surface area contributed by atoms with Gasteiger partial charge in [0.1, 0.15) is 0 Å². The fourth-order valence-corrected chi connectivity index (χ4v) is 7.36. The molecule has 0 fully saturated rings. The Labute approximate surface area is 202 Å². The molecule has 1 unspecified atom stereocenters. The fraction of sp³-hybridized carbons (Fsp3) is 0.290. The third kappa shape index (κ3) is 3.01. The number of aromatic nitrogens is 1. The van der Waals surface area contributed by atoms with Crippen molar-refractivity contribution >= 4 is 48.4 Å². The normalized spacial score (nSPS) is 21.8. The lowest BCUT2D eigenvalue weighted by Gasteiger charge is -2.49. The summed E-state index contributed by atoms with van der Waals surface area (Å²) in [6.07, 6.45) is 21.8. The van der Waals surface area contributed by atoms with Crippen molar-refractivity contribution in [3.8, 4) is 0 Å². The average Bonchev–Trinajstić information content (AvgIpc) is 2.87. The van der Waals surface area contributed by atoms with E-state index >= 15 is 0 Å². The second-order valence-corrected chi connectivity index (χ2v) is 11.7. The standard InChI is InChI=1S/C31H29N2P/c1-31(2)23-11-5-7-13-27(23)33(28-18-21-10-4-3-9-20(21)17-24(28)31)22-15-16-30-26(19-22)32-25-12-6-8-14-29(25)34-30/h4-5,7,10,12-19,23H,3,6,8-9,11H2,1-2H3. The minimum Gasteiger partial charge on any atom is -0.314 e. The number of rotatable bonds is 1. The van der Waals surface area contributed by atoms with Crippen LogP contribution in [-0.4, -0.2) is 4.98 Å². The monoisotopic (exact) mass is 460 g/mol. The predicted molar refractivity (Wildman–Crippen MR) is 146 cm³/mol. The Balaban J connectivity index is 1.48. The van der Waals surface area contributed by atoms with Gasteiger partial charge in [-0.05, 0) is 79.1 Å². The molecule has 0 amide bonds. The minimum atomic E-state index is 0.0857. The Hall–Kier alpha value is -2.96. The number of hydrogen-bond acceptors (Lipinski definition) is 2. The summed E-state index contributed by atoms with van der Waals surface area (Å²) in [4.78, 5) is 9.00. The molecular formula is C31H29N2P. The summed E-state index contributed by atoms with van der Waals surface area (Å²) < 4.78 is 0.